The molecule has 0 radical (unpaired) electrons. The van der Waals surface area contributed by atoms with Gasteiger partial charge in [-0.3, -0.25) is 9.69 Å². The summed E-state index contributed by atoms with van der Waals surface area (Å²) < 4.78 is 11.1. The Bertz CT molecular complexity index is 1850. The molecule has 0 atom stereocenters. The minimum absolute atomic E-state index is 0.219. The number of hydrogen-bond acceptors (Lipinski definition) is 6. The van der Waals surface area contributed by atoms with Crippen LogP contribution in [0.3, 0.4) is 0 Å². The largest absolute Gasteiger partial charge is 0.493 e. The number of pyridine rings is 1. The molecule has 0 fully saturated rings. The summed E-state index contributed by atoms with van der Waals surface area (Å²) in [6.45, 7) is 2.05. The Hall–Kier alpha value is -5.14. The molecule has 0 unspecified atom stereocenters. The van der Waals surface area contributed by atoms with Gasteiger partial charge >= 0.3 is 0 Å². The average Bonchev–Trinajstić information content (AvgIpc) is 3.37. The lowest BCUT2D eigenvalue weighted by atomic mass is 9.98. The normalized spacial score (nSPS) is 10.9. The van der Waals surface area contributed by atoms with Crippen molar-refractivity contribution in [1.82, 2.24) is 4.98 Å². The van der Waals surface area contributed by atoms with Crippen molar-refractivity contribution in [2.75, 3.05) is 24.9 Å². The molecule has 0 saturated carbocycles. The first-order chi connectivity index (χ1) is 20.5. The van der Waals surface area contributed by atoms with E-state index in [0.29, 0.717) is 26.9 Å². The highest BCUT2D eigenvalue weighted by Crippen LogP contribution is 2.44. The minimum atomic E-state index is -0.219. The fraction of sp³-hybridized carbons (Fsp3) is 0.0857. The van der Waals surface area contributed by atoms with Gasteiger partial charge in [0.1, 0.15) is 9.71 Å². The Morgan fingerprint density at radius 2 is 1.36 bits per heavy atom. The van der Waals surface area contributed by atoms with Gasteiger partial charge in [0.2, 0.25) is 0 Å². The van der Waals surface area contributed by atoms with E-state index in [1.165, 1.54) is 11.3 Å². The fourth-order valence-electron chi connectivity index (χ4n) is 5.02. The molecule has 6 nitrogen and oxygen atoms in total. The third kappa shape index (κ3) is 4.95. The predicted octanol–water partition coefficient (Wildman–Crippen LogP) is 8.52. The van der Waals surface area contributed by atoms with Gasteiger partial charge in [0, 0.05) is 22.3 Å². The molecule has 0 aliphatic heterocycles. The third-order valence-electron chi connectivity index (χ3n) is 7.17. The number of fused-ring (bicyclic) bond motifs is 1. The van der Waals surface area contributed by atoms with Gasteiger partial charge in [-0.2, -0.15) is 0 Å². The number of carbonyl (C=O) groups is 1. The zero-order valence-electron chi connectivity index (χ0n) is 23.5. The van der Waals surface area contributed by atoms with Crippen LogP contribution in [0.5, 0.6) is 11.5 Å². The van der Waals surface area contributed by atoms with Crippen molar-refractivity contribution in [3.8, 4) is 33.9 Å². The van der Waals surface area contributed by atoms with Crippen LogP contribution >= 0.6 is 11.3 Å². The highest BCUT2D eigenvalue weighted by molar-refractivity contribution is 7.21. The van der Waals surface area contributed by atoms with Crippen LogP contribution in [0.4, 0.5) is 17.1 Å². The van der Waals surface area contributed by atoms with Gasteiger partial charge in [-0.05, 0) is 60.5 Å². The molecule has 4 aromatic carbocycles. The maximum absolute atomic E-state index is 14.4. The predicted molar refractivity (Wildman–Crippen MR) is 172 cm³/mol. The van der Waals surface area contributed by atoms with Crippen LogP contribution in [0, 0.1) is 6.92 Å². The highest BCUT2D eigenvalue weighted by atomic mass is 32.1. The molecule has 1 amide bonds. The van der Waals surface area contributed by atoms with Crippen LogP contribution in [-0.2, 0) is 0 Å². The number of thiophene rings is 1. The van der Waals surface area contributed by atoms with Crippen molar-refractivity contribution in [1.29, 1.82) is 0 Å². The van der Waals surface area contributed by atoms with Gasteiger partial charge in [-0.15, -0.1) is 11.3 Å². The number of nitrogen functional groups attached to an aromatic ring is 1. The first-order valence-electron chi connectivity index (χ1n) is 13.5. The first kappa shape index (κ1) is 27.1. The Balaban J connectivity index is 1.58. The molecule has 0 bridgehead atoms. The molecule has 6 rings (SSSR count). The smallest absolute Gasteiger partial charge is 0.275 e. The van der Waals surface area contributed by atoms with E-state index in [1.807, 2.05) is 84.9 Å². The summed E-state index contributed by atoms with van der Waals surface area (Å²) in [5.74, 6) is 1.00. The molecule has 7 heteroatoms. The van der Waals surface area contributed by atoms with E-state index >= 15 is 0 Å². The summed E-state index contributed by atoms with van der Waals surface area (Å²) in [5, 5.41) is 0.729. The first-order valence-corrected chi connectivity index (χ1v) is 14.3. The van der Waals surface area contributed by atoms with Crippen LogP contribution in [0.2, 0.25) is 0 Å². The second kappa shape index (κ2) is 11.4. The van der Waals surface area contributed by atoms with E-state index in [-0.39, 0.29) is 5.91 Å². The van der Waals surface area contributed by atoms with E-state index < -0.39 is 0 Å². The molecule has 42 heavy (non-hydrogen) atoms. The molecule has 0 spiro atoms. The van der Waals surface area contributed by atoms with Gasteiger partial charge in [-0.1, -0.05) is 72.3 Å². The zero-order chi connectivity index (χ0) is 29.2. The van der Waals surface area contributed by atoms with Crippen LogP contribution in [0.25, 0.3) is 32.6 Å². The fourth-order valence-corrected chi connectivity index (χ4v) is 6.07. The van der Waals surface area contributed by atoms with Gasteiger partial charge < -0.3 is 15.2 Å². The van der Waals surface area contributed by atoms with Gasteiger partial charge in [0.25, 0.3) is 5.91 Å². The van der Waals surface area contributed by atoms with Crippen molar-refractivity contribution in [3.63, 3.8) is 0 Å². The number of aryl methyl sites for hydroxylation is 1. The number of carbonyl (C=O) groups excluding carboxylic acids is 1. The Labute approximate surface area is 248 Å². The SMILES string of the molecule is COc1ccc(-c2cc(-c3ccc(C)cc3)nc3sc(C(=O)N(c4ccccc4)c4ccccc4)c(N)c23)cc1OC. The van der Waals surface area contributed by atoms with Gasteiger partial charge in [-0.25, -0.2) is 4.98 Å². The molecule has 2 N–H and O–H groups in total. The van der Waals surface area contributed by atoms with Crippen LogP contribution in [0.15, 0.2) is 109 Å². The molecule has 0 aliphatic carbocycles. The number of methoxy groups -OCH3 is 2. The average molecular weight is 572 g/mol. The van der Waals surface area contributed by atoms with Crippen molar-refractivity contribution in [3.05, 3.63) is 120 Å². The molecular formula is C35H29N3O3S. The van der Waals surface area contributed by atoms with Gasteiger partial charge in [0.05, 0.1) is 25.6 Å². The quantitative estimate of drug-likeness (QED) is 0.208. The second-order valence-electron chi connectivity index (χ2n) is 9.83. The summed E-state index contributed by atoms with van der Waals surface area (Å²) in [6.07, 6.45) is 0. The van der Waals surface area contributed by atoms with Gasteiger partial charge in [0.15, 0.2) is 11.5 Å². The minimum Gasteiger partial charge on any atom is -0.493 e. The second-order valence-corrected chi connectivity index (χ2v) is 10.8. The summed E-state index contributed by atoms with van der Waals surface area (Å²) in [4.78, 5) is 22.2. The summed E-state index contributed by atoms with van der Waals surface area (Å²) >= 11 is 1.30. The number of ether oxygens (including phenoxy) is 2. The maximum Gasteiger partial charge on any atom is 0.275 e. The summed E-state index contributed by atoms with van der Waals surface area (Å²) in [6, 6.07) is 35.2. The molecule has 208 valence electrons. The number of anilines is 3. The number of nitrogens with zero attached hydrogens (tertiary/aromatic N) is 2. The number of para-hydroxylation sites is 2. The number of hydrogen-bond donors (Lipinski definition) is 1. The standard InChI is InChI=1S/C35H29N3O3S/c1-22-14-16-23(17-15-22)28-21-27(24-18-19-29(40-2)30(20-24)41-3)31-32(36)33(42-34(31)37-28)35(39)38(25-10-6-4-7-11-25)26-12-8-5-9-13-26/h4-21H,36H2,1-3H3. The van der Waals surface area contributed by atoms with Crippen LogP contribution in [0.1, 0.15) is 15.2 Å². The lowest BCUT2D eigenvalue weighted by Crippen LogP contribution is -2.25. The highest BCUT2D eigenvalue weighted by Gasteiger charge is 2.27. The van der Waals surface area contributed by atoms with E-state index in [9.17, 15) is 4.79 Å². The zero-order valence-corrected chi connectivity index (χ0v) is 24.3. The number of nitrogens with two attached hydrogens (primary N) is 1. The van der Waals surface area contributed by atoms with E-state index in [2.05, 4.69) is 31.2 Å². The maximum atomic E-state index is 14.4. The Morgan fingerprint density at radius 3 is 1.95 bits per heavy atom. The summed E-state index contributed by atoms with van der Waals surface area (Å²) in [7, 11) is 3.22. The lowest BCUT2D eigenvalue weighted by molar-refractivity contribution is 0.100. The van der Waals surface area contributed by atoms with Crippen molar-refractivity contribution >= 4 is 44.5 Å². The van der Waals surface area contributed by atoms with Crippen molar-refractivity contribution in [2.45, 2.75) is 6.92 Å². The van der Waals surface area contributed by atoms with Crippen molar-refractivity contribution < 1.29 is 14.3 Å². The van der Waals surface area contributed by atoms with E-state index in [0.717, 1.165) is 44.7 Å². The molecule has 0 aliphatic rings. The van der Waals surface area contributed by atoms with Crippen LogP contribution < -0.4 is 20.1 Å². The van der Waals surface area contributed by atoms with E-state index in [4.69, 9.17) is 20.2 Å². The summed E-state index contributed by atoms with van der Waals surface area (Å²) in [5.41, 5.74) is 13.4. The lowest BCUT2D eigenvalue weighted by Gasteiger charge is -2.22. The Morgan fingerprint density at radius 1 is 0.762 bits per heavy atom. The topological polar surface area (TPSA) is 77.7 Å². The Kier molecular flexibility index (Phi) is 7.33. The van der Waals surface area contributed by atoms with Crippen LogP contribution in [-0.4, -0.2) is 25.1 Å². The number of aromatic nitrogens is 1. The molecule has 6 aromatic rings. The van der Waals surface area contributed by atoms with Crippen molar-refractivity contribution in [2.24, 2.45) is 0 Å². The monoisotopic (exact) mass is 571 g/mol. The molecule has 0 saturated heterocycles. The molecule has 2 heterocycles. The number of benzene rings is 4. The van der Waals surface area contributed by atoms with E-state index in [1.54, 1.807) is 19.1 Å². The molecular weight excluding hydrogens is 542 g/mol. The number of amides is 1. The number of rotatable bonds is 7. The third-order valence-corrected chi connectivity index (χ3v) is 8.25. The molecule has 2 aromatic heterocycles.